The summed E-state index contributed by atoms with van der Waals surface area (Å²) >= 11 is 2.03. The van der Waals surface area contributed by atoms with Crippen LogP contribution in [0.1, 0.15) is 6.42 Å². The van der Waals surface area contributed by atoms with Crippen molar-refractivity contribution in [2.24, 2.45) is 8.94 Å². The van der Waals surface area contributed by atoms with Crippen molar-refractivity contribution in [2.75, 3.05) is 20.1 Å². The molecule has 0 spiro atoms. The molecule has 1 rings (SSSR count). The van der Waals surface area contributed by atoms with Gasteiger partial charge in [-0.25, -0.2) is 3.21 Å². The number of likely N-dealkylation sites (tertiary alicyclic amines) is 1. The van der Waals surface area contributed by atoms with Crippen molar-refractivity contribution >= 4 is 28.6 Å². The number of nitrogens with zero attached hydrogens (tertiary/aromatic N) is 2. The molecule has 0 aromatic rings. The lowest BCUT2D eigenvalue weighted by molar-refractivity contribution is 0.365. The second kappa shape index (κ2) is 4.06. The molecule has 1 saturated heterocycles. The largest absolute Gasteiger partial charge is 0.404 e. The molecular weight excluding hydrogens is 253 g/mol. The van der Waals surface area contributed by atoms with Gasteiger partial charge in [0.1, 0.15) is 0 Å². The van der Waals surface area contributed by atoms with Crippen LogP contribution in [0, 0.1) is 0 Å². The highest BCUT2D eigenvalue weighted by atomic mass is 127. The fourth-order valence-corrected chi connectivity index (χ4v) is 1.71. The molecule has 1 aliphatic rings. The van der Waals surface area contributed by atoms with Crippen molar-refractivity contribution in [3.8, 4) is 0 Å². The Kier molecular flexibility index (Phi) is 3.32. The Morgan fingerprint density at radius 3 is 3.00 bits per heavy atom. The first-order valence-electron chi connectivity index (χ1n) is 3.55. The number of hydrogen-bond donors (Lipinski definition) is 1. The summed E-state index contributed by atoms with van der Waals surface area (Å²) in [5.41, 5.74) is 7.76. The third-order valence-electron chi connectivity index (χ3n) is 1.84. The lowest BCUT2D eigenvalue weighted by atomic mass is 10.0. The molecule has 0 aromatic carbocycles. The van der Waals surface area contributed by atoms with Gasteiger partial charge < -0.3 is 10.6 Å². The van der Waals surface area contributed by atoms with Gasteiger partial charge in [0.05, 0.1) is 28.6 Å². The van der Waals surface area contributed by atoms with Gasteiger partial charge in [0.25, 0.3) is 0 Å². The highest BCUT2D eigenvalue weighted by molar-refractivity contribution is 14.1. The van der Waals surface area contributed by atoms with E-state index < -0.39 is 0 Å². The fraction of sp³-hybridized carbons (Fsp3) is 0.571. The first-order chi connectivity index (χ1) is 5.27. The Labute approximate surface area is 80.8 Å². The van der Waals surface area contributed by atoms with E-state index in [4.69, 9.17) is 5.73 Å². The van der Waals surface area contributed by atoms with E-state index in [2.05, 4.69) is 15.2 Å². The van der Waals surface area contributed by atoms with Crippen LogP contribution in [0.5, 0.6) is 0 Å². The van der Waals surface area contributed by atoms with E-state index in [0.29, 0.717) is 0 Å². The van der Waals surface area contributed by atoms with Crippen molar-refractivity contribution in [3.63, 3.8) is 0 Å². The van der Waals surface area contributed by atoms with Gasteiger partial charge in [-0.3, -0.25) is 0 Å². The number of likely N-dealkylation sites (N-methyl/N-ethyl adjacent to an activating group) is 1. The van der Waals surface area contributed by atoms with Crippen LogP contribution in [-0.4, -0.2) is 30.7 Å². The van der Waals surface area contributed by atoms with Crippen LogP contribution in [0.15, 0.2) is 15.0 Å². The van der Waals surface area contributed by atoms with Crippen molar-refractivity contribution in [3.05, 3.63) is 11.8 Å². The zero-order valence-corrected chi connectivity index (χ0v) is 8.71. The maximum atomic E-state index is 5.46. The van der Waals surface area contributed by atoms with E-state index in [0.717, 1.165) is 30.8 Å². The Hall–Kier alpha value is -0.100. The summed E-state index contributed by atoms with van der Waals surface area (Å²) in [6.07, 6.45) is 2.68. The average molecular weight is 265 g/mol. The molecule has 4 heteroatoms. The molecule has 0 radical (unpaired) electrons. The van der Waals surface area contributed by atoms with Gasteiger partial charge in [-0.05, 0) is 7.05 Å². The van der Waals surface area contributed by atoms with Gasteiger partial charge in [0.15, 0.2) is 0 Å². The van der Waals surface area contributed by atoms with Gasteiger partial charge in [-0.15, -0.1) is 0 Å². The minimum Gasteiger partial charge on any atom is -0.404 e. The van der Waals surface area contributed by atoms with Crippen molar-refractivity contribution < 1.29 is 0 Å². The first kappa shape index (κ1) is 8.99. The molecule has 0 atom stereocenters. The molecule has 3 nitrogen and oxygen atoms in total. The Bertz CT molecular complexity index is 198. The highest BCUT2D eigenvalue weighted by Crippen LogP contribution is 2.12. The smallest absolute Gasteiger partial charge is 0.0834 e. The number of piperidine rings is 1. The van der Waals surface area contributed by atoms with Gasteiger partial charge in [-0.1, -0.05) is 0 Å². The second-order valence-electron chi connectivity index (χ2n) is 2.71. The molecule has 0 unspecified atom stereocenters. The van der Waals surface area contributed by atoms with Gasteiger partial charge >= 0.3 is 0 Å². The summed E-state index contributed by atoms with van der Waals surface area (Å²) in [6.45, 7) is 2.01. The molecule has 0 bridgehead atoms. The summed E-state index contributed by atoms with van der Waals surface area (Å²) < 4.78 is 4.15. The molecule has 62 valence electrons. The number of halogens is 1. The number of hydrogen-bond acceptors (Lipinski definition) is 3. The van der Waals surface area contributed by atoms with Crippen molar-refractivity contribution in [1.82, 2.24) is 4.90 Å². The number of rotatable bonds is 0. The maximum Gasteiger partial charge on any atom is 0.0834 e. The maximum absolute atomic E-state index is 5.46. The second-order valence-corrected chi connectivity index (χ2v) is 3.19. The molecule has 0 aliphatic carbocycles. The monoisotopic (exact) mass is 265 g/mol. The summed E-state index contributed by atoms with van der Waals surface area (Å²) in [6, 6.07) is 0. The van der Waals surface area contributed by atoms with Crippen molar-refractivity contribution in [1.29, 1.82) is 0 Å². The van der Waals surface area contributed by atoms with Gasteiger partial charge in [-0.2, -0.15) is 0 Å². The lowest BCUT2D eigenvalue weighted by Crippen LogP contribution is -2.32. The topological polar surface area (TPSA) is 41.6 Å². The van der Waals surface area contributed by atoms with E-state index in [1.807, 2.05) is 22.9 Å². The SMILES string of the molecule is CN1CCC(=NI)C(=CN)C1. The predicted molar refractivity (Wildman–Crippen MR) is 55.8 cm³/mol. The zero-order valence-electron chi connectivity index (χ0n) is 6.55. The lowest BCUT2D eigenvalue weighted by Gasteiger charge is -2.24. The molecule has 1 fully saturated rings. The van der Waals surface area contributed by atoms with Gasteiger partial charge in [0.2, 0.25) is 0 Å². The van der Waals surface area contributed by atoms with E-state index in [1.165, 1.54) is 0 Å². The normalized spacial score (nSPS) is 28.2. The standard InChI is InChI=1S/C7H12IN3/c1-11-3-2-7(10-8)6(4-9)5-11/h4H,2-3,5,9H2,1H3. The predicted octanol–water partition coefficient (Wildman–Crippen LogP) is 0.956. The van der Waals surface area contributed by atoms with Crippen LogP contribution in [0.4, 0.5) is 0 Å². The molecule has 0 aromatic heterocycles. The Balaban J connectivity index is 2.72. The highest BCUT2D eigenvalue weighted by Gasteiger charge is 2.15. The van der Waals surface area contributed by atoms with Crippen LogP contribution >= 0.6 is 22.9 Å². The van der Waals surface area contributed by atoms with E-state index in [9.17, 15) is 0 Å². The molecule has 1 aliphatic heterocycles. The summed E-state index contributed by atoms with van der Waals surface area (Å²) in [4.78, 5) is 2.24. The minimum absolute atomic E-state index is 0.929. The molecular formula is C7H12IN3. The zero-order chi connectivity index (χ0) is 8.27. The third-order valence-corrected chi connectivity index (χ3v) is 2.43. The molecule has 0 saturated carbocycles. The first-order valence-corrected chi connectivity index (χ1v) is 4.52. The molecule has 0 amide bonds. The minimum atomic E-state index is 0.929. The summed E-state index contributed by atoms with van der Waals surface area (Å²) in [5.74, 6) is 0. The van der Waals surface area contributed by atoms with Gasteiger partial charge in [0, 0.05) is 31.3 Å². The fourth-order valence-electron chi connectivity index (χ4n) is 1.16. The molecule has 11 heavy (non-hydrogen) atoms. The van der Waals surface area contributed by atoms with Crippen molar-refractivity contribution in [2.45, 2.75) is 6.42 Å². The molecule has 1 heterocycles. The molecule has 2 N–H and O–H groups in total. The van der Waals surface area contributed by atoms with Crippen LogP contribution in [0.3, 0.4) is 0 Å². The van der Waals surface area contributed by atoms with Crippen LogP contribution in [-0.2, 0) is 0 Å². The summed E-state index contributed by atoms with van der Waals surface area (Å²) in [7, 11) is 2.09. The van der Waals surface area contributed by atoms with E-state index in [-0.39, 0.29) is 0 Å². The van der Waals surface area contributed by atoms with E-state index >= 15 is 0 Å². The quantitative estimate of drug-likeness (QED) is 0.663. The average Bonchev–Trinajstić information content (AvgIpc) is 2.04. The van der Waals surface area contributed by atoms with Crippen LogP contribution < -0.4 is 5.73 Å². The van der Waals surface area contributed by atoms with Crippen LogP contribution in [0.2, 0.25) is 0 Å². The Morgan fingerprint density at radius 1 is 1.73 bits per heavy atom. The van der Waals surface area contributed by atoms with E-state index in [1.54, 1.807) is 6.20 Å². The number of nitrogens with two attached hydrogens (primary N) is 1. The van der Waals surface area contributed by atoms with Crippen LogP contribution in [0.25, 0.3) is 0 Å². The Morgan fingerprint density at radius 2 is 2.45 bits per heavy atom. The third kappa shape index (κ3) is 2.16. The summed E-state index contributed by atoms with van der Waals surface area (Å²) in [5, 5.41) is 0.